The van der Waals surface area contributed by atoms with Gasteiger partial charge in [-0.05, 0) is 37.3 Å². The maximum atomic E-state index is 12.8. The number of pyridine rings is 1. The van der Waals surface area contributed by atoms with Gasteiger partial charge in [-0.25, -0.2) is 9.97 Å². The molecule has 2 bridgehead atoms. The second-order valence-corrected chi connectivity index (χ2v) is 8.22. The van der Waals surface area contributed by atoms with E-state index in [0.29, 0.717) is 24.9 Å². The van der Waals surface area contributed by atoms with Gasteiger partial charge in [-0.15, -0.1) is 0 Å². The number of nitrogens with zero attached hydrogens (tertiary/aromatic N) is 4. The third kappa shape index (κ3) is 3.29. The summed E-state index contributed by atoms with van der Waals surface area (Å²) in [5.74, 6) is 1.70. The van der Waals surface area contributed by atoms with Crippen LogP contribution in [0.1, 0.15) is 56.2 Å². The molecule has 2 aliphatic rings. The minimum absolute atomic E-state index is 0.0239. The number of carbonyl (C=O) groups is 1. The molecular formula is C21H26N4O2. The summed E-state index contributed by atoms with van der Waals surface area (Å²) in [6, 6.07) is 5.77. The Hall–Kier alpha value is -2.50. The number of aromatic nitrogens is 3. The fourth-order valence-corrected chi connectivity index (χ4v) is 4.40. The average Bonchev–Trinajstić information content (AvgIpc) is 2.61. The molecule has 0 aliphatic carbocycles. The molecule has 2 aromatic heterocycles. The third-order valence-electron chi connectivity index (χ3n) is 5.75. The van der Waals surface area contributed by atoms with E-state index in [1.54, 1.807) is 13.0 Å². The van der Waals surface area contributed by atoms with Crippen molar-refractivity contribution in [2.24, 2.45) is 5.92 Å². The van der Waals surface area contributed by atoms with Crippen molar-refractivity contribution in [1.82, 2.24) is 19.4 Å². The van der Waals surface area contributed by atoms with Crippen LogP contribution in [0.5, 0.6) is 0 Å². The van der Waals surface area contributed by atoms with E-state index in [0.717, 1.165) is 41.4 Å². The van der Waals surface area contributed by atoms with Gasteiger partial charge < -0.3 is 9.47 Å². The van der Waals surface area contributed by atoms with E-state index in [1.807, 2.05) is 22.5 Å². The van der Waals surface area contributed by atoms with Gasteiger partial charge >= 0.3 is 0 Å². The van der Waals surface area contributed by atoms with Crippen molar-refractivity contribution in [3.63, 3.8) is 0 Å². The summed E-state index contributed by atoms with van der Waals surface area (Å²) < 4.78 is 1.90. The van der Waals surface area contributed by atoms with Crippen molar-refractivity contribution in [2.45, 2.75) is 52.5 Å². The molecule has 0 N–H and O–H groups in total. The molecule has 0 aromatic carbocycles. The van der Waals surface area contributed by atoms with Crippen molar-refractivity contribution in [2.75, 3.05) is 13.1 Å². The maximum Gasteiger partial charge on any atom is 0.251 e. The summed E-state index contributed by atoms with van der Waals surface area (Å²) in [5.41, 5.74) is 3.68. The maximum absolute atomic E-state index is 12.8. The molecule has 4 heterocycles. The largest absolute Gasteiger partial charge is 0.342 e. The lowest BCUT2D eigenvalue weighted by atomic mass is 9.82. The molecule has 1 fully saturated rings. The number of carbonyl (C=O) groups excluding carboxylic acids is 1. The zero-order valence-electron chi connectivity index (χ0n) is 16.4. The molecule has 2 aromatic rings. The highest BCUT2D eigenvalue weighted by atomic mass is 16.2. The van der Waals surface area contributed by atoms with E-state index < -0.39 is 0 Å². The molecular weight excluding hydrogens is 340 g/mol. The van der Waals surface area contributed by atoms with Crippen molar-refractivity contribution in [3.8, 4) is 11.3 Å². The van der Waals surface area contributed by atoms with Crippen molar-refractivity contribution < 1.29 is 4.79 Å². The number of aryl methyl sites for hydroxylation is 1. The molecule has 142 valence electrons. The molecule has 6 heteroatoms. The Morgan fingerprint density at radius 3 is 2.63 bits per heavy atom. The van der Waals surface area contributed by atoms with Gasteiger partial charge in [-0.1, -0.05) is 13.8 Å². The number of rotatable bonds is 2. The van der Waals surface area contributed by atoms with Crippen LogP contribution in [0.3, 0.4) is 0 Å². The number of amides is 1. The topological polar surface area (TPSA) is 68.1 Å². The number of piperidine rings is 1. The molecule has 2 atom stereocenters. The third-order valence-corrected chi connectivity index (χ3v) is 5.75. The summed E-state index contributed by atoms with van der Waals surface area (Å²) in [5, 5.41) is 0. The monoisotopic (exact) mass is 366 g/mol. The van der Waals surface area contributed by atoms with Crippen LogP contribution in [-0.4, -0.2) is 38.4 Å². The average molecular weight is 366 g/mol. The molecule has 4 rings (SSSR count). The minimum atomic E-state index is 0.0239. The normalized spacial score (nSPS) is 21.3. The zero-order chi connectivity index (χ0) is 19.3. The van der Waals surface area contributed by atoms with Crippen LogP contribution in [0.15, 0.2) is 23.0 Å². The predicted molar refractivity (Wildman–Crippen MR) is 104 cm³/mol. The Labute approximate surface area is 159 Å². The molecule has 2 aliphatic heterocycles. The van der Waals surface area contributed by atoms with Crippen LogP contribution in [0.25, 0.3) is 11.3 Å². The van der Waals surface area contributed by atoms with E-state index in [-0.39, 0.29) is 17.4 Å². The minimum Gasteiger partial charge on any atom is -0.342 e. The van der Waals surface area contributed by atoms with Crippen LogP contribution >= 0.6 is 0 Å². The van der Waals surface area contributed by atoms with Crippen LogP contribution < -0.4 is 5.56 Å². The Kier molecular flexibility index (Phi) is 4.36. The molecule has 0 radical (unpaired) electrons. The fraction of sp³-hybridized carbons (Fsp3) is 0.524. The van der Waals surface area contributed by atoms with Gasteiger partial charge in [0.25, 0.3) is 5.56 Å². The van der Waals surface area contributed by atoms with E-state index in [1.165, 1.54) is 0 Å². The number of fused-ring (bicyclic) bond motifs is 4. The first kappa shape index (κ1) is 17.9. The Balaban J connectivity index is 1.79. The van der Waals surface area contributed by atoms with Gasteiger partial charge in [-0.2, -0.15) is 0 Å². The predicted octanol–water partition coefficient (Wildman–Crippen LogP) is 2.70. The van der Waals surface area contributed by atoms with Gasteiger partial charge in [0.1, 0.15) is 5.82 Å². The summed E-state index contributed by atoms with van der Waals surface area (Å²) in [6.07, 6.45) is 1.03. The lowest BCUT2D eigenvalue weighted by Gasteiger charge is -2.42. The first-order valence-electron chi connectivity index (χ1n) is 9.68. The highest BCUT2D eigenvalue weighted by molar-refractivity contribution is 5.73. The quantitative estimate of drug-likeness (QED) is 0.819. The molecule has 1 saturated heterocycles. The smallest absolute Gasteiger partial charge is 0.251 e. The first-order chi connectivity index (χ1) is 12.8. The van der Waals surface area contributed by atoms with Gasteiger partial charge in [0.05, 0.1) is 5.69 Å². The van der Waals surface area contributed by atoms with E-state index >= 15 is 0 Å². The van der Waals surface area contributed by atoms with E-state index in [2.05, 4.69) is 29.9 Å². The van der Waals surface area contributed by atoms with E-state index in [9.17, 15) is 9.59 Å². The van der Waals surface area contributed by atoms with Crippen molar-refractivity contribution in [3.05, 3.63) is 45.8 Å². The lowest BCUT2D eigenvalue weighted by Crippen LogP contribution is -2.48. The van der Waals surface area contributed by atoms with E-state index in [4.69, 9.17) is 0 Å². The Morgan fingerprint density at radius 2 is 1.93 bits per heavy atom. The molecule has 1 amide bonds. The molecule has 0 unspecified atom stereocenters. The highest BCUT2D eigenvalue weighted by Gasteiger charge is 2.35. The summed E-state index contributed by atoms with van der Waals surface area (Å²) in [7, 11) is 0. The van der Waals surface area contributed by atoms with Crippen LogP contribution in [-0.2, 0) is 11.3 Å². The van der Waals surface area contributed by atoms with Gasteiger partial charge in [0, 0.05) is 55.5 Å². The van der Waals surface area contributed by atoms with Crippen LogP contribution in [0.2, 0.25) is 0 Å². The fourth-order valence-electron chi connectivity index (χ4n) is 4.40. The number of hydrogen-bond acceptors (Lipinski definition) is 4. The molecule has 6 nitrogen and oxygen atoms in total. The van der Waals surface area contributed by atoms with Gasteiger partial charge in [-0.3, -0.25) is 9.59 Å². The molecule has 0 spiro atoms. The summed E-state index contributed by atoms with van der Waals surface area (Å²) in [6.45, 7) is 9.85. The van der Waals surface area contributed by atoms with Crippen LogP contribution in [0.4, 0.5) is 0 Å². The highest BCUT2D eigenvalue weighted by Crippen LogP contribution is 2.36. The Morgan fingerprint density at radius 1 is 1.15 bits per heavy atom. The van der Waals surface area contributed by atoms with Crippen LogP contribution in [0, 0.1) is 12.8 Å². The summed E-state index contributed by atoms with van der Waals surface area (Å²) in [4.78, 5) is 35.7. The first-order valence-corrected chi connectivity index (χ1v) is 9.68. The SMILES string of the molecule is CC(=O)N1C[C@@H]2C[C@H](C1)c1cc(-c3cc(C(C)C)nc(C)n3)cc(=O)n1C2. The van der Waals surface area contributed by atoms with Crippen molar-refractivity contribution >= 4 is 5.91 Å². The second-order valence-electron chi connectivity index (χ2n) is 8.22. The zero-order valence-corrected chi connectivity index (χ0v) is 16.4. The Bertz CT molecular complexity index is 963. The van der Waals surface area contributed by atoms with Gasteiger partial charge in [0.2, 0.25) is 5.91 Å². The standard InChI is InChI=1S/C21H26N4O2/c1-12(2)18-8-19(23-13(3)22-18)16-6-20-17-5-15(9-24(11-17)14(4)26)10-25(20)21(27)7-16/h6-8,12,15,17H,5,9-11H2,1-4H3/t15-,17+/m0/s1. The number of likely N-dealkylation sites (tertiary alicyclic amines) is 1. The number of hydrogen-bond donors (Lipinski definition) is 0. The summed E-state index contributed by atoms with van der Waals surface area (Å²) >= 11 is 0. The molecule has 0 saturated carbocycles. The van der Waals surface area contributed by atoms with Crippen molar-refractivity contribution in [1.29, 1.82) is 0 Å². The van der Waals surface area contributed by atoms with Gasteiger partial charge in [0.15, 0.2) is 0 Å². The second kappa shape index (κ2) is 6.59. The lowest BCUT2D eigenvalue weighted by molar-refractivity contribution is -0.131. The molecule has 27 heavy (non-hydrogen) atoms.